The standard InChI is InChI=1S/C11H17N3.CH4O/c1-5-11(9(2)12-4)8-14-7-6-13-10(14)3;1-2/h5-9,12H,1H2,2-4H3;2H,1H3/b11-8+;. The van der Waals surface area contributed by atoms with Gasteiger partial charge in [-0.3, -0.25) is 0 Å². The van der Waals surface area contributed by atoms with Gasteiger partial charge < -0.3 is 15.0 Å². The molecular weight excluding hydrogens is 202 g/mol. The molecule has 0 radical (unpaired) electrons. The number of hydrogen-bond acceptors (Lipinski definition) is 3. The molecule has 1 aromatic rings. The van der Waals surface area contributed by atoms with Gasteiger partial charge in [0.05, 0.1) is 0 Å². The van der Waals surface area contributed by atoms with Crippen LogP contribution in [-0.2, 0) is 0 Å². The maximum Gasteiger partial charge on any atom is 0.109 e. The number of imidazole rings is 1. The Labute approximate surface area is 97.3 Å². The van der Waals surface area contributed by atoms with E-state index >= 15 is 0 Å². The molecule has 1 aromatic heterocycles. The first-order chi connectivity index (χ1) is 7.69. The van der Waals surface area contributed by atoms with Gasteiger partial charge in [-0.2, -0.15) is 0 Å². The van der Waals surface area contributed by atoms with Gasteiger partial charge in [-0.05, 0) is 26.5 Å². The third kappa shape index (κ3) is 4.00. The molecule has 1 heterocycles. The van der Waals surface area contributed by atoms with E-state index in [1.807, 2.05) is 37.0 Å². The number of aromatic nitrogens is 2. The van der Waals surface area contributed by atoms with Crippen molar-refractivity contribution >= 4 is 6.20 Å². The molecular formula is C12H21N3O. The van der Waals surface area contributed by atoms with Crippen LogP contribution >= 0.6 is 0 Å². The van der Waals surface area contributed by atoms with Crippen molar-refractivity contribution in [1.29, 1.82) is 0 Å². The monoisotopic (exact) mass is 223 g/mol. The quantitative estimate of drug-likeness (QED) is 0.759. The van der Waals surface area contributed by atoms with Gasteiger partial charge in [0.25, 0.3) is 0 Å². The summed E-state index contributed by atoms with van der Waals surface area (Å²) >= 11 is 0. The Morgan fingerprint density at radius 2 is 2.25 bits per heavy atom. The van der Waals surface area contributed by atoms with Crippen LogP contribution in [0.2, 0.25) is 0 Å². The van der Waals surface area contributed by atoms with E-state index in [1.54, 1.807) is 6.20 Å². The largest absolute Gasteiger partial charge is 0.400 e. The second-order valence-electron chi connectivity index (χ2n) is 3.23. The smallest absolute Gasteiger partial charge is 0.109 e. The Morgan fingerprint density at radius 1 is 1.62 bits per heavy atom. The Bertz CT molecular complexity index is 342. The molecule has 0 aliphatic heterocycles. The molecule has 1 atom stereocenters. The first-order valence-corrected chi connectivity index (χ1v) is 5.14. The van der Waals surface area contributed by atoms with Crippen molar-refractivity contribution < 1.29 is 5.11 Å². The van der Waals surface area contributed by atoms with Crippen LogP contribution in [0.15, 0.2) is 30.6 Å². The van der Waals surface area contributed by atoms with Crippen molar-refractivity contribution in [3.8, 4) is 0 Å². The number of aliphatic hydroxyl groups excluding tert-OH is 1. The molecule has 0 bridgehead atoms. The summed E-state index contributed by atoms with van der Waals surface area (Å²) in [6.07, 6.45) is 7.62. The number of hydrogen-bond donors (Lipinski definition) is 2. The van der Waals surface area contributed by atoms with Crippen LogP contribution in [0.1, 0.15) is 12.7 Å². The second kappa shape index (κ2) is 7.84. The van der Waals surface area contributed by atoms with Crippen LogP contribution < -0.4 is 5.32 Å². The number of aliphatic hydroxyl groups is 1. The van der Waals surface area contributed by atoms with Crippen LogP contribution in [0.3, 0.4) is 0 Å². The van der Waals surface area contributed by atoms with Gasteiger partial charge >= 0.3 is 0 Å². The van der Waals surface area contributed by atoms with Crippen molar-refractivity contribution in [2.24, 2.45) is 0 Å². The third-order valence-electron chi connectivity index (χ3n) is 2.32. The summed E-state index contributed by atoms with van der Waals surface area (Å²) in [5, 5.41) is 10.2. The summed E-state index contributed by atoms with van der Waals surface area (Å²) in [5.41, 5.74) is 1.15. The topological polar surface area (TPSA) is 50.1 Å². The molecule has 0 aliphatic rings. The summed E-state index contributed by atoms with van der Waals surface area (Å²) in [5.74, 6) is 0.979. The molecule has 2 N–H and O–H groups in total. The maximum absolute atomic E-state index is 7.00. The SMILES string of the molecule is C=C/C(=C\n1ccnc1C)C(C)NC.CO. The second-order valence-corrected chi connectivity index (χ2v) is 3.23. The zero-order valence-electron chi connectivity index (χ0n) is 10.4. The van der Waals surface area contributed by atoms with Gasteiger partial charge in [-0.25, -0.2) is 4.98 Å². The molecule has 0 aromatic carbocycles. The Balaban J connectivity index is 0.00000106. The lowest BCUT2D eigenvalue weighted by molar-refractivity contribution is 0.399. The molecule has 0 saturated heterocycles. The number of aryl methyl sites for hydroxylation is 1. The molecule has 4 heteroatoms. The molecule has 0 aliphatic carbocycles. The summed E-state index contributed by atoms with van der Waals surface area (Å²) in [4.78, 5) is 4.15. The average molecular weight is 223 g/mol. The van der Waals surface area contributed by atoms with Gasteiger partial charge in [0, 0.05) is 31.7 Å². The zero-order chi connectivity index (χ0) is 12.6. The van der Waals surface area contributed by atoms with Crippen molar-refractivity contribution in [2.75, 3.05) is 14.2 Å². The summed E-state index contributed by atoms with van der Waals surface area (Å²) in [6.45, 7) is 7.87. The minimum absolute atomic E-state index is 0.300. The van der Waals surface area contributed by atoms with E-state index < -0.39 is 0 Å². The lowest BCUT2D eigenvalue weighted by Crippen LogP contribution is -2.22. The normalized spacial score (nSPS) is 12.7. The highest BCUT2D eigenvalue weighted by Crippen LogP contribution is 2.06. The van der Waals surface area contributed by atoms with Gasteiger partial charge in [-0.15, -0.1) is 0 Å². The maximum atomic E-state index is 7.00. The first kappa shape index (κ1) is 14.6. The molecule has 0 saturated carbocycles. The predicted molar refractivity (Wildman–Crippen MR) is 68.1 cm³/mol. The Hall–Kier alpha value is -1.39. The van der Waals surface area contributed by atoms with E-state index in [-0.39, 0.29) is 0 Å². The Kier molecular flexibility index (Phi) is 7.16. The Morgan fingerprint density at radius 3 is 2.62 bits per heavy atom. The minimum atomic E-state index is 0.300. The number of nitrogens with one attached hydrogen (secondary N) is 1. The number of likely N-dealkylation sites (N-methyl/N-ethyl adjacent to an activating group) is 1. The van der Waals surface area contributed by atoms with Gasteiger partial charge in [0.2, 0.25) is 0 Å². The number of nitrogens with zero attached hydrogens (tertiary/aromatic N) is 2. The highest BCUT2D eigenvalue weighted by molar-refractivity contribution is 5.41. The van der Waals surface area contributed by atoms with Crippen LogP contribution in [0.4, 0.5) is 0 Å². The lowest BCUT2D eigenvalue weighted by Gasteiger charge is -2.11. The average Bonchev–Trinajstić information content (AvgIpc) is 2.73. The van der Waals surface area contributed by atoms with Crippen LogP contribution in [0.5, 0.6) is 0 Å². The fourth-order valence-corrected chi connectivity index (χ4v) is 1.19. The minimum Gasteiger partial charge on any atom is -0.400 e. The van der Waals surface area contributed by atoms with Crippen LogP contribution in [0, 0.1) is 6.92 Å². The van der Waals surface area contributed by atoms with Crippen LogP contribution in [0.25, 0.3) is 6.20 Å². The van der Waals surface area contributed by atoms with E-state index in [2.05, 4.69) is 23.8 Å². The van der Waals surface area contributed by atoms with E-state index in [4.69, 9.17) is 5.11 Å². The highest BCUT2D eigenvalue weighted by atomic mass is 16.2. The summed E-state index contributed by atoms with van der Waals surface area (Å²) < 4.78 is 1.99. The van der Waals surface area contributed by atoms with Gasteiger partial charge in [0.1, 0.15) is 5.82 Å². The molecule has 16 heavy (non-hydrogen) atoms. The van der Waals surface area contributed by atoms with E-state index in [0.29, 0.717) is 6.04 Å². The van der Waals surface area contributed by atoms with E-state index in [1.165, 1.54) is 0 Å². The van der Waals surface area contributed by atoms with Crippen molar-refractivity contribution in [2.45, 2.75) is 19.9 Å². The van der Waals surface area contributed by atoms with E-state index in [9.17, 15) is 0 Å². The molecule has 1 rings (SSSR count). The fourth-order valence-electron chi connectivity index (χ4n) is 1.19. The molecule has 0 amide bonds. The van der Waals surface area contributed by atoms with Gasteiger partial charge in [0.15, 0.2) is 0 Å². The van der Waals surface area contributed by atoms with E-state index in [0.717, 1.165) is 18.5 Å². The van der Waals surface area contributed by atoms with Crippen molar-refractivity contribution in [3.63, 3.8) is 0 Å². The molecule has 0 spiro atoms. The predicted octanol–water partition coefficient (Wildman–Crippen LogP) is 1.43. The van der Waals surface area contributed by atoms with Crippen molar-refractivity contribution in [3.05, 3.63) is 36.4 Å². The van der Waals surface area contributed by atoms with Crippen molar-refractivity contribution in [1.82, 2.24) is 14.9 Å². The van der Waals surface area contributed by atoms with Gasteiger partial charge in [-0.1, -0.05) is 12.7 Å². The molecule has 1 unspecified atom stereocenters. The third-order valence-corrected chi connectivity index (χ3v) is 2.32. The number of rotatable bonds is 4. The lowest BCUT2D eigenvalue weighted by atomic mass is 10.1. The molecule has 0 fully saturated rings. The highest BCUT2D eigenvalue weighted by Gasteiger charge is 2.02. The first-order valence-electron chi connectivity index (χ1n) is 5.14. The zero-order valence-corrected chi connectivity index (χ0v) is 10.4. The van der Waals surface area contributed by atoms with Crippen LogP contribution in [-0.4, -0.2) is 34.9 Å². The molecule has 90 valence electrons. The summed E-state index contributed by atoms with van der Waals surface area (Å²) in [6, 6.07) is 0.300. The summed E-state index contributed by atoms with van der Waals surface area (Å²) in [7, 11) is 2.93. The fraction of sp³-hybridized carbons (Fsp3) is 0.417. The molecule has 4 nitrogen and oxygen atoms in total.